The van der Waals surface area contributed by atoms with E-state index in [1.54, 1.807) is 24.3 Å². The average Bonchev–Trinajstić information content (AvgIpc) is 2.73. The maximum Gasteiger partial charge on any atom is 0.263 e. The highest BCUT2D eigenvalue weighted by Crippen LogP contribution is 2.27. The van der Waals surface area contributed by atoms with Gasteiger partial charge in [0, 0.05) is 17.5 Å². The van der Waals surface area contributed by atoms with Crippen molar-refractivity contribution in [3.63, 3.8) is 0 Å². The lowest BCUT2D eigenvalue weighted by atomic mass is 9.83. The second-order valence-electron chi connectivity index (χ2n) is 5.13. The Hall–Kier alpha value is -1.40. The molecule has 1 heterocycles. The number of nitrogens with one attached hydrogen (secondary N) is 1. The van der Waals surface area contributed by atoms with Crippen molar-refractivity contribution in [3.05, 3.63) is 29.8 Å². The summed E-state index contributed by atoms with van der Waals surface area (Å²) in [6.07, 6.45) is 1.59. The van der Waals surface area contributed by atoms with Crippen LogP contribution in [0.2, 0.25) is 0 Å². The van der Waals surface area contributed by atoms with Gasteiger partial charge >= 0.3 is 0 Å². The molecule has 0 saturated heterocycles. The van der Waals surface area contributed by atoms with Crippen molar-refractivity contribution in [2.75, 3.05) is 13.2 Å². The molecule has 6 heteroatoms. The van der Waals surface area contributed by atoms with Crippen LogP contribution in [0, 0.1) is 5.41 Å². The average molecular weight is 296 g/mol. The molecule has 5 nitrogen and oxygen atoms in total. The summed E-state index contributed by atoms with van der Waals surface area (Å²) in [7, 11) is -3.49. The van der Waals surface area contributed by atoms with E-state index >= 15 is 0 Å². The summed E-state index contributed by atoms with van der Waals surface area (Å²) in [4.78, 5) is 4.68. The number of fused-ring (bicyclic) bond motifs is 1. The van der Waals surface area contributed by atoms with E-state index in [9.17, 15) is 13.5 Å². The van der Waals surface area contributed by atoms with E-state index in [0.717, 1.165) is 12.8 Å². The normalized spacial score (nSPS) is 18.9. The standard InChI is InChI=1S/C14H20N2O3S/c1-3-14(4-2,10-17)9-15-13-11-7-5-6-8-12(11)20(18,19)16-13/h5-8,17H,3-4,9-10H2,1-2H3,(H,15,16). The molecule has 0 atom stereocenters. The zero-order valence-corrected chi connectivity index (χ0v) is 12.6. The van der Waals surface area contributed by atoms with Crippen LogP contribution in [-0.4, -0.2) is 32.5 Å². The Labute approximate surface area is 119 Å². The Morgan fingerprint density at radius 1 is 1.25 bits per heavy atom. The predicted octanol–water partition coefficient (Wildman–Crippen LogP) is 1.52. The van der Waals surface area contributed by atoms with Crippen molar-refractivity contribution in [3.8, 4) is 0 Å². The van der Waals surface area contributed by atoms with Crippen LogP contribution in [0.5, 0.6) is 0 Å². The van der Waals surface area contributed by atoms with Crippen molar-refractivity contribution in [1.29, 1.82) is 0 Å². The molecule has 0 unspecified atom stereocenters. The summed E-state index contributed by atoms with van der Waals surface area (Å²) in [5.41, 5.74) is 0.322. The van der Waals surface area contributed by atoms with Crippen molar-refractivity contribution < 1.29 is 13.5 Å². The monoisotopic (exact) mass is 296 g/mol. The molecule has 0 saturated carbocycles. The molecule has 110 valence electrons. The number of benzene rings is 1. The third-order valence-electron chi connectivity index (χ3n) is 4.07. The van der Waals surface area contributed by atoms with Gasteiger partial charge in [-0.15, -0.1) is 0 Å². The van der Waals surface area contributed by atoms with E-state index in [0.29, 0.717) is 17.9 Å². The van der Waals surface area contributed by atoms with Crippen molar-refractivity contribution in [1.82, 2.24) is 4.72 Å². The van der Waals surface area contributed by atoms with E-state index in [2.05, 4.69) is 9.71 Å². The maximum absolute atomic E-state index is 12.0. The molecule has 0 aliphatic carbocycles. The number of hydrogen-bond acceptors (Lipinski definition) is 4. The molecule has 20 heavy (non-hydrogen) atoms. The highest BCUT2D eigenvalue weighted by Gasteiger charge is 2.31. The molecule has 1 aromatic rings. The first-order chi connectivity index (χ1) is 9.48. The van der Waals surface area contributed by atoms with E-state index in [-0.39, 0.29) is 16.9 Å². The highest BCUT2D eigenvalue weighted by molar-refractivity contribution is 7.90. The quantitative estimate of drug-likeness (QED) is 0.864. The van der Waals surface area contributed by atoms with Crippen LogP contribution in [0.1, 0.15) is 32.3 Å². The molecular weight excluding hydrogens is 276 g/mol. The minimum absolute atomic E-state index is 0.0468. The molecule has 0 bridgehead atoms. The van der Waals surface area contributed by atoms with E-state index < -0.39 is 10.0 Å². The summed E-state index contributed by atoms with van der Waals surface area (Å²) in [6.45, 7) is 4.47. The van der Waals surface area contributed by atoms with Gasteiger partial charge in [0.1, 0.15) is 5.84 Å². The zero-order chi connectivity index (χ0) is 14.8. The topological polar surface area (TPSA) is 78.8 Å². The first kappa shape index (κ1) is 15.0. The van der Waals surface area contributed by atoms with Gasteiger partial charge in [-0.05, 0) is 25.0 Å². The largest absolute Gasteiger partial charge is 0.396 e. The molecule has 1 aromatic carbocycles. The van der Waals surface area contributed by atoms with Gasteiger partial charge in [0.15, 0.2) is 0 Å². The first-order valence-electron chi connectivity index (χ1n) is 6.75. The first-order valence-corrected chi connectivity index (χ1v) is 8.24. The van der Waals surface area contributed by atoms with Crippen LogP contribution >= 0.6 is 0 Å². The van der Waals surface area contributed by atoms with Gasteiger partial charge in [0.25, 0.3) is 10.0 Å². The van der Waals surface area contributed by atoms with E-state index in [4.69, 9.17) is 0 Å². The summed E-state index contributed by atoms with van der Waals surface area (Å²) in [5, 5.41) is 9.54. The molecule has 0 aromatic heterocycles. The number of hydrogen-bond donors (Lipinski definition) is 2. The SMILES string of the molecule is CCC(CC)(CO)CN=C1NS(=O)(=O)c2ccccc21. The number of sulfonamides is 1. The van der Waals surface area contributed by atoms with Gasteiger partial charge in [-0.25, -0.2) is 8.42 Å². The molecule has 0 spiro atoms. The van der Waals surface area contributed by atoms with Crippen LogP contribution in [0.3, 0.4) is 0 Å². The third kappa shape index (κ3) is 2.58. The maximum atomic E-state index is 12.0. The molecule has 1 aliphatic rings. The van der Waals surface area contributed by atoms with Gasteiger partial charge in [-0.3, -0.25) is 9.71 Å². The molecule has 0 fully saturated rings. The van der Waals surface area contributed by atoms with Crippen molar-refractivity contribution in [2.45, 2.75) is 31.6 Å². The Balaban J connectivity index is 2.34. The lowest BCUT2D eigenvalue weighted by Gasteiger charge is -2.27. The minimum Gasteiger partial charge on any atom is -0.396 e. The summed E-state index contributed by atoms with van der Waals surface area (Å²) < 4.78 is 26.4. The van der Waals surface area contributed by atoms with Gasteiger partial charge < -0.3 is 5.11 Å². The van der Waals surface area contributed by atoms with Gasteiger partial charge in [-0.1, -0.05) is 26.0 Å². The Morgan fingerprint density at radius 2 is 1.90 bits per heavy atom. The van der Waals surface area contributed by atoms with Gasteiger partial charge in [0.2, 0.25) is 0 Å². The van der Waals surface area contributed by atoms with Crippen LogP contribution in [0.25, 0.3) is 0 Å². The summed E-state index contributed by atoms with van der Waals surface area (Å²) in [6, 6.07) is 6.79. The summed E-state index contributed by atoms with van der Waals surface area (Å²) >= 11 is 0. The summed E-state index contributed by atoms with van der Waals surface area (Å²) in [5.74, 6) is 0.375. The van der Waals surface area contributed by atoms with Crippen molar-refractivity contribution in [2.24, 2.45) is 10.4 Å². The fourth-order valence-electron chi connectivity index (χ4n) is 2.25. The second kappa shape index (κ2) is 5.54. The lowest BCUT2D eigenvalue weighted by molar-refractivity contribution is 0.123. The van der Waals surface area contributed by atoms with Gasteiger partial charge in [-0.2, -0.15) is 0 Å². The number of aliphatic hydroxyl groups excluding tert-OH is 1. The van der Waals surface area contributed by atoms with E-state index in [1.807, 2.05) is 13.8 Å². The van der Waals surface area contributed by atoms with Crippen LogP contribution in [0.4, 0.5) is 0 Å². The van der Waals surface area contributed by atoms with Crippen LogP contribution in [-0.2, 0) is 10.0 Å². The Bertz CT molecular complexity index is 611. The molecule has 0 radical (unpaired) electrons. The molecular formula is C14H20N2O3S. The Morgan fingerprint density at radius 3 is 2.50 bits per heavy atom. The van der Waals surface area contributed by atoms with E-state index in [1.165, 1.54) is 0 Å². The minimum atomic E-state index is -3.49. The molecule has 0 amide bonds. The zero-order valence-electron chi connectivity index (χ0n) is 11.8. The van der Waals surface area contributed by atoms with Crippen LogP contribution < -0.4 is 4.72 Å². The number of rotatable bonds is 5. The second-order valence-corrected chi connectivity index (χ2v) is 6.78. The number of aliphatic imine (C=N–C) groups is 1. The number of nitrogens with zero attached hydrogens (tertiary/aromatic N) is 1. The molecule has 1 aliphatic heterocycles. The Kier molecular flexibility index (Phi) is 4.15. The number of aliphatic hydroxyl groups is 1. The fourth-order valence-corrected chi connectivity index (χ4v) is 3.50. The van der Waals surface area contributed by atoms with Crippen molar-refractivity contribution >= 4 is 15.9 Å². The fraction of sp³-hybridized carbons (Fsp3) is 0.500. The predicted molar refractivity (Wildman–Crippen MR) is 78.3 cm³/mol. The smallest absolute Gasteiger partial charge is 0.263 e. The van der Waals surface area contributed by atoms with Crippen LogP contribution in [0.15, 0.2) is 34.2 Å². The lowest BCUT2D eigenvalue weighted by Crippen LogP contribution is -2.30. The molecule has 2 N–H and O–H groups in total. The van der Waals surface area contributed by atoms with Gasteiger partial charge in [0.05, 0.1) is 11.5 Å². The highest BCUT2D eigenvalue weighted by atomic mass is 32.2. The number of amidine groups is 1. The third-order valence-corrected chi connectivity index (χ3v) is 5.47. The molecule has 2 rings (SSSR count).